The van der Waals surface area contributed by atoms with E-state index >= 15 is 0 Å². The molecular weight excluding hydrogens is 278 g/mol. The van der Waals surface area contributed by atoms with Gasteiger partial charge in [0.25, 0.3) is 0 Å². The Labute approximate surface area is 133 Å². The first-order valence-corrected chi connectivity index (χ1v) is 7.95. The van der Waals surface area contributed by atoms with E-state index in [-0.39, 0.29) is 0 Å². The molecule has 22 heavy (non-hydrogen) atoms. The lowest BCUT2D eigenvalue weighted by molar-refractivity contribution is 0.398. The molecule has 1 fully saturated rings. The highest BCUT2D eigenvalue weighted by atomic mass is 16.5. The van der Waals surface area contributed by atoms with Crippen LogP contribution < -0.4 is 20.1 Å². The number of rotatable bonds is 6. The van der Waals surface area contributed by atoms with Crippen LogP contribution in [0.1, 0.15) is 31.2 Å². The summed E-state index contributed by atoms with van der Waals surface area (Å²) in [4.78, 5) is 4.30. The van der Waals surface area contributed by atoms with Crippen molar-refractivity contribution >= 4 is 5.96 Å². The number of ether oxygens (including phenoxy) is 2. The summed E-state index contributed by atoms with van der Waals surface area (Å²) < 4.78 is 10.7. The molecule has 0 spiro atoms. The van der Waals surface area contributed by atoms with Gasteiger partial charge in [0.15, 0.2) is 5.96 Å². The molecule has 0 bridgehead atoms. The van der Waals surface area contributed by atoms with Gasteiger partial charge in [-0.25, -0.2) is 0 Å². The molecule has 1 aliphatic rings. The minimum absolute atomic E-state index is 0.567. The molecule has 0 atom stereocenters. The zero-order valence-electron chi connectivity index (χ0n) is 13.8. The molecule has 5 heteroatoms. The monoisotopic (exact) mass is 305 g/mol. The minimum Gasteiger partial charge on any atom is -0.497 e. The minimum atomic E-state index is 0.567. The Morgan fingerprint density at radius 3 is 2.64 bits per heavy atom. The molecule has 0 heterocycles. The predicted octanol–water partition coefficient (Wildman–Crippen LogP) is 2.35. The SMILES string of the molecule is CN=C(NCCc1cc(OC)ccc1OC)NC1CCCC1. The zero-order chi connectivity index (χ0) is 15.8. The fraction of sp³-hybridized carbons (Fsp3) is 0.588. The summed E-state index contributed by atoms with van der Waals surface area (Å²) in [6, 6.07) is 6.45. The average molecular weight is 305 g/mol. The molecule has 122 valence electrons. The van der Waals surface area contributed by atoms with E-state index in [4.69, 9.17) is 9.47 Å². The van der Waals surface area contributed by atoms with Gasteiger partial charge in [-0.05, 0) is 43.0 Å². The van der Waals surface area contributed by atoms with Crippen LogP contribution in [-0.2, 0) is 6.42 Å². The van der Waals surface area contributed by atoms with Crippen molar-refractivity contribution in [3.63, 3.8) is 0 Å². The lowest BCUT2D eigenvalue weighted by atomic mass is 10.1. The van der Waals surface area contributed by atoms with Crippen molar-refractivity contribution in [2.24, 2.45) is 4.99 Å². The second kappa shape index (κ2) is 8.51. The topological polar surface area (TPSA) is 54.9 Å². The van der Waals surface area contributed by atoms with Crippen LogP contribution in [0.4, 0.5) is 0 Å². The van der Waals surface area contributed by atoms with Crippen LogP contribution >= 0.6 is 0 Å². The smallest absolute Gasteiger partial charge is 0.191 e. The molecule has 0 unspecified atom stereocenters. The second-order valence-electron chi connectivity index (χ2n) is 5.55. The molecule has 0 radical (unpaired) electrons. The van der Waals surface area contributed by atoms with Crippen LogP contribution in [-0.4, -0.2) is 39.8 Å². The number of methoxy groups -OCH3 is 2. The molecule has 0 amide bonds. The van der Waals surface area contributed by atoms with Crippen molar-refractivity contribution in [3.8, 4) is 11.5 Å². The Morgan fingerprint density at radius 2 is 2.00 bits per heavy atom. The molecular formula is C17H27N3O2. The summed E-state index contributed by atoms with van der Waals surface area (Å²) >= 11 is 0. The molecule has 5 nitrogen and oxygen atoms in total. The van der Waals surface area contributed by atoms with E-state index in [1.807, 2.05) is 25.2 Å². The van der Waals surface area contributed by atoms with Crippen LogP contribution in [0.15, 0.2) is 23.2 Å². The summed E-state index contributed by atoms with van der Waals surface area (Å²) in [7, 11) is 5.19. The summed E-state index contributed by atoms with van der Waals surface area (Å²) in [5.74, 6) is 2.62. The highest BCUT2D eigenvalue weighted by Crippen LogP contribution is 2.24. The molecule has 0 saturated heterocycles. The quantitative estimate of drug-likeness (QED) is 0.626. The first-order chi connectivity index (χ1) is 10.8. The van der Waals surface area contributed by atoms with Crippen molar-refractivity contribution in [2.45, 2.75) is 38.1 Å². The maximum absolute atomic E-state index is 5.41. The molecule has 0 aliphatic heterocycles. The Bertz CT molecular complexity index is 497. The van der Waals surface area contributed by atoms with E-state index in [2.05, 4.69) is 15.6 Å². The van der Waals surface area contributed by atoms with E-state index in [1.165, 1.54) is 25.7 Å². The summed E-state index contributed by atoms with van der Waals surface area (Å²) in [6.07, 6.45) is 5.96. The van der Waals surface area contributed by atoms with Crippen LogP contribution in [0, 0.1) is 0 Å². The lowest BCUT2D eigenvalue weighted by Crippen LogP contribution is -2.43. The van der Waals surface area contributed by atoms with E-state index in [9.17, 15) is 0 Å². The maximum atomic E-state index is 5.41. The molecule has 1 aromatic carbocycles. The van der Waals surface area contributed by atoms with Gasteiger partial charge in [-0.15, -0.1) is 0 Å². The van der Waals surface area contributed by atoms with E-state index in [0.717, 1.165) is 36.0 Å². The van der Waals surface area contributed by atoms with Crippen molar-refractivity contribution in [3.05, 3.63) is 23.8 Å². The average Bonchev–Trinajstić information content (AvgIpc) is 3.06. The van der Waals surface area contributed by atoms with Gasteiger partial charge in [0.1, 0.15) is 11.5 Å². The van der Waals surface area contributed by atoms with Gasteiger partial charge in [0, 0.05) is 19.6 Å². The Kier molecular flexibility index (Phi) is 6.37. The molecule has 1 saturated carbocycles. The number of guanidine groups is 1. The number of hydrogen-bond acceptors (Lipinski definition) is 3. The van der Waals surface area contributed by atoms with Crippen LogP contribution in [0.2, 0.25) is 0 Å². The largest absolute Gasteiger partial charge is 0.497 e. The first kappa shape index (κ1) is 16.5. The van der Waals surface area contributed by atoms with Gasteiger partial charge in [-0.3, -0.25) is 4.99 Å². The third-order valence-electron chi connectivity index (χ3n) is 4.09. The van der Waals surface area contributed by atoms with Gasteiger partial charge < -0.3 is 20.1 Å². The lowest BCUT2D eigenvalue weighted by Gasteiger charge is -2.17. The summed E-state index contributed by atoms with van der Waals surface area (Å²) in [5, 5.41) is 6.86. The first-order valence-electron chi connectivity index (χ1n) is 7.95. The molecule has 2 N–H and O–H groups in total. The summed E-state index contributed by atoms with van der Waals surface area (Å²) in [5.41, 5.74) is 1.13. The van der Waals surface area contributed by atoms with E-state index < -0.39 is 0 Å². The normalized spacial score (nSPS) is 15.7. The van der Waals surface area contributed by atoms with Crippen molar-refractivity contribution < 1.29 is 9.47 Å². The maximum Gasteiger partial charge on any atom is 0.191 e. The number of aliphatic imine (C=N–C) groups is 1. The molecule has 1 aromatic rings. The number of benzene rings is 1. The number of nitrogens with one attached hydrogen (secondary N) is 2. The zero-order valence-corrected chi connectivity index (χ0v) is 13.8. The Balaban J connectivity index is 1.86. The van der Waals surface area contributed by atoms with Crippen molar-refractivity contribution in [1.82, 2.24) is 10.6 Å². The number of nitrogens with zero attached hydrogens (tertiary/aromatic N) is 1. The van der Waals surface area contributed by atoms with Gasteiger partial charge in [0.2, 0.25) is 0 Å². The molecule has 0 aromatic heterocycles. The molecule has 1 aliphatic carbocycles. The van der Waals surface area contributed by atoms with Gasteiger partial charge in [-0.1, -0.05) is 12.8 Å². The fourth-order valence-corrected chi connectivity index (χ4v) is 2.85. The van der Waals surface area contributed by atoms with Gasteiger partial charge in [0.05, 0.1) is 14.2 Å². The van der Waals surface area contributed by atoms with Crippen LogP contribution in [0.5, 0.6) is 11.5 Å². The predicted molar refractivity (Wildman–Crippen MR) is 90.0 cm³/mol. The Morgan fingerprint density at radius 1 is 1.23 bits per heavy atom. The number of hydrogen-bond donors (Lipinski definition) is 2. The van der Waals surface area contributed by atoms with Crippen molar-refractivity contribution in [2.75, 3.05) is 27.8 Å². The third kappa shape index (κ3) is 4.55. The van der Waals surface area contributed by atoms with Crippen LogP contribution in [0.25, 0.3) is 0 Å². The standard InChI is InChI=1S/C17H27N3O2/c1-18-17(20-14-6-4-5-7-14)19-11-10-13-12-15(21-2)8-9-16(13)22-3/h8-9,12,14H,4-7,10-11H2,1-3H3,(H2,18,19,20). The highest BCUT2D eigenvalue weighted by molar-refractivity contribution is 5.80. The van der Waals surface area contributed by atoms with E-state index in [1.54, 1.807) is 14.2 Å². The van der Waals surface area contributed by atoms with E-state index in [0.29, 0.717) is 6.04 Å². The second-order valence-corrected chi connectivity index (χ2v) is 5.55. The molecule has 2 rings (SSSR count). The Hall–Kier alpha value is -1.91. The van der Waals surface area contributed by atoms with Gasteiger partial charge in [-0.2, -0.15) is 0 Å². The van der Waals surface area contributed by atoms with Crippen molar-refractivity contribution in [1.29, 1.82) is 0 Å². The van der Waals surface area contributed by atoms with Crippen LogP contribution in [0.3, 0.4) is 0 Å². The summed E-state index contributed by atoms with van der Waals surface area (Å²) in [6.45, 7) is 0.802. The third-order valence-corrected chi connectivity index (χ3v) is 4.09. The highest BCUT2D eigenvalue weighted by Gasteiger charge is 2.15. The van der Waals surface area contributed by atoms with Gasteiger partial charge >= 0.3 is 0 Å². The fourth-order valence-electron chi connectivity index (χ4n) is 2.85.